The molecule has 14 heavy (non-hydrogen) atoms. The predicted molar refractivity (Wildman–Crippen MR) is 56.9 cm³/mol. The first-order valence-corrected chi connectivity index (χ1v) is 5.10. The third-order valence-electron chi connectivity index (χ3n) is 3.03. The zero-order valence-corrected chi connectivity index (χ0v) is 9.50. The van der Waals surface area contributed by atoms with Crippen molar-refractivity contribution in [2.24, 2.45) is 5.73 Å². The quantitative estimate of drug-likeness (QED) is 0.654. The number of amides is 1. The molecule has 0 saturated carbocycles. The number of carbonyl (C=O) groups is 1. The zero-order valence-electron chi connectivity index (χ0n) is 9.50. The van der Waals surface area contributed by atoms with Crippen LogP contribution in [0.2, 0.25) is 0 Å². The fourth-order valence-electron chi connectivity index (χ4n) is 1.83. The SMILES string of the molecule is C[C@@H](N)C(=O)NC1CN(C)C(C)(C)C1. The number of nitrogens with two attached hydrogens (primary N) is 1. The van der Waals surface area contributed by atoms with Gasteiger partial charge in [-0.2, -0.15) is 0 Å². The molecular formula is C10H21N3O. The molecule has 82 valence electrons. The summed E-state index contributed by atoms with van der Waals surface area (Å²) in [4.78, 5) is 13.6. The highest BCUT2D eigenvalue weighted by Gasteiger charge is 2.36. The summed E-state index contributed by atoms with van der Waals surface area (Å²) in [5, 5.41) is 2.96. The molecule has 1 heterocycles. The second-order valence-electron chi connectivity index (χ2n) is 4.89. The fraction of sp³-hybridized carbons (Fsp3) is 0.900. The molecule has 2 atom stereocenters. The minimum Gasteiger partial charge on any atom is -0.351 e. The van der Waals surface area contributed by atoms with Gasteiger partial charge in [0.05, 0.1) is 6.04 Å². The minimum atomic E-state index is -0.413. The van der Waals surface area contributed by atoms with Gasteiger partial charge in [-0.05, 0) is 34.2 Å². The van der Waals surface area contributed by atoms with E-state index < -0.39 is 6.04 Å². The van der Waals surface area contributed by atoms with Crippen LogP contribution >= 0.6 is 0 Å². The first kappa shape index (κ1) is 11.5. The number of nitrogens with zero attached hydrogens (tertiary/aromatic N) is 1. The van der Waals surface area contributed by atoms with E-state index in [0.717, 1.165) is 13.0 Å². The molecule has 1 aliphatic heterocycles. The van der Waals surface area contributed by atoms with Gasteiger partial charge in [0.2, 0.25) is 5.91 Å². The predicted octanol–water partition coefficient (Wildman–Crippen LogP) is -0.0675. The third-order valence-corrected chi connectivity index (χ3v) is 3.03. The lowest BCUT2D eigenvalue weighted by molar-refractivity contribution is -0.122. The van der Waals surface area contributed by atoms with Crippen LogP contribution in [0.25, 0.3) is 0 Å². The molecule has 1 amide bonds. The van der Waals surface area contributed by atoms with E-state index in [1.807, 2.05) is 0 Å². The molecule has 1 rings (SSSR count). The Morgan fingerprint density at radius 2 is 2.21 bits per heavy atom. The molecule has 1 fully saturated rings. The summed E-state index contributed by atoms with van der Waals surface area (Å²) >= 11 is 0. The lowest BCUT2D eigenvalue weighted by Crippen LogP contribution is -2.44. The van der Waals surface area contributed by atoms with Crippen LogP contribution < -0.4 is 11.1 Å². The van der Waals surface area contributed by atoms with E-state index in [-0.39, 0.29) is 17.5 Å². The van der Waals surface area contributed by atoms with Gasteiger partial charge in [-0.15, -0.1) is 0 Å². The number of likely N-dealkylation sites (N-methyl/N-ethyl adjacent to an activating group) is 1. The van der Waals surface area contributed by atoms with Gasteiger partial charge in [0.1, 0.15) is 0 Å². The number of likely N-dealkylation sites (tertiary alicyclic amines) is 1. The van der Waals surface area contributed by atoms with E-state index in [2.05, 4.69) is 31.1 Å². The van der Waals surface area contributed by atoms with Gasteiger partial charge in [0.15, 0.2) is 0 Å². The minimum absolute atomic E-state index is 0.0545. The zero-order chi connectivity index (χ0) is 10.9. The Labute approximate surface area is 85.8 Å². The van der Waals surface area contributed by atoms with Crippen molar-refractivity contribution in [1.29, 1.82) is 0 Å². The van der Waals surface area contributed by atoms with E-state index in [4.69, 9.17) is 5.73 Å². The summed E-state index contributed by atoms with van der Waals surface area (Å²) in [7, 11) is 2.08. The average Bonchev–Trinajstić information content (AvgIpc) is 2.25. The average molecular weight is 199 g/mol. The third kappa shape index (κ3) is 2.45. The summed E-state index contributed by atoms with van der Waals surface area (Å²) in [5.41, 5.74) is 5.67. The number of carbonyl (C=O) groups excluding carboxylic acids is 1. The highest BCUT2D eigenvalue weighted by Crippen LogP contribution is 2.26. The molecule has 1 unspecified atom stereocenters. The van der Waals surface area contributed by atoms with Crippen molar-refractivity contribution in [3.8, 4) is 0 Å². The highest BCUT2D eigenvalue weighted by molar-refractivity contribution is 5.81. The van der Waals surface area contributed by atoms with E-state index in [1.54, 1.807) is 6.92 Å². The Balaban J connectivity index is 2.47. The van der Waals surface area contributed by atoms with Gasteiger partial charge in [-0.1, -0.05) is 0 Å². The van der Waals surface area contributed by atoms with Crippen LogP contribution in [0.4, 0.5) is 0 Å². The highest BCUT2D eigenvalue weighted by atomic mass is 16.2. The largest absolute Gasteiger partial charge is 0.351 e. The molecule has 0 aromatic carbocycles. The Kier molecular flexibility index (Phi) is 3.17. The van der Waals surface area contributed by atoms with Gasteiger partial charge >= 0.3 is 0 Å². The molecule has 0 aromatic heterocycles. The molecule has 0 bridgehead atoms. The molecular weight excluding hydrogens is 178 g/mol. The number of nitrogens with one attached hydrogen (secondary N) is 1. The summed E-state index contributed by atoms with van der Waals surface area (Å²) in [6.07, 6.45) is 0.988. The molecule has 0 aromatic rings. The maximum atomic E-state index is 11.4. The first-order chi connectivity index (χ1) is 6.33. The Morgan fingerprint density at radius 3 is 2.57 bits per heavy atom. The summed E-state index contributed by atoms with van der Waals surface area (Å²) < 4.78 is 0. The Hall–Kier alpha value is -0.610. The summed E-state index contributed by atoms with van der Waals surface area (Å²) in [6, 6.07) is -0.169. The Morgan fingerprint density at radius 1 is 1.64 bits per heavy atom. The van der Waals surface area contributed by atoms with Crippen molar-refractivity contribution < 1.29 is 4.79 Å². The van der Waals surface area contributed by atoms with Gasteiger partial charge in [0.25, 0.3) is 0 Å². The molecule has 1 saturated heterocycles. The Bertz CT molecular complexity index is 225. The van der Waals surface area contributed by atoms with Gasteiger partial charge in [-0.3, -0.25) is 9.69 Å². The molecule has 4 nitrogen and oxygen atoms in total. The van der Waals surface area contributed by atoms with Gasteiger partial charge < -0.3 is 11.1 Å². The topological polar surface area (TPSA) is 58.4 Å². The van der Waals surface area contributed by atoms with Crippen LogP contribution in [-0.4, -0.2) is 42.0 Å². The van der Waals surface area contributed by atoms with Crippen molar-refractivity contribution in [3.63, 3.8) is 0 Å². The molecule has 0 aliphatic carbocycles. The van der Waals surface area contributed by atoms with E-state index >= 15 is 0 Å². The second kappa shape index (κ2) is 3.87. The van der Waals surface area contributed by atoms with Crippen molar-refractivity contribution >= 4 is 5.91 Å². The van der Waals surface area contributed by atoms with Gasteiger partial charge in [-0.25, -0.2) is 0 Å². The number of rotatable bonds is 2. The van der Waals surface area contributed by atoms with Crippen LogP contribution in [0.3, 0.4) is 0 Å². The second-order valence-corrected chi connectivity index (χ2v) is 4.89. The first-order valence-electron chi connectivity index (χ1n) is 5.10. The smallest absolute Gasteiger partial charge is 0.236 e. The maximum absolute atomic E-state index is 11.4. The van der Waals surface area contributed by atoms with E-state index in [0.29, 0.717) is 0 Å². The van der Waals surface area contributed by atoms with Crippen LogP contribution in [0.5, 0.6) is 0 Å². The van der Waals surface area contributed by atoms with Crippen molar-refractivity contribution in [2.45, 2.75) is 44.8 Å². The summed E-state index contributed by atoms with van der Waals surface area (Å²) in [6.45, 7) is 6.99. The molecule has 3 N–H and O–H groups in total. The van der Waals surface area contributed by atoms with Gasteiger partial charge in [0, 0.05) is 18.1 Å². The van der Waals surface area contributed by atoms with Crippen LogP contribution in [0, 0.1) is 0 Å². The van der Waals surface area contributed by atoms with Crippen LogP contribution in [-0.2, 0) is 4.79 Å². The molecule has 1 aliphatic rings. The standard InChI is InChI=1S/C10H21N3O/c1-7(11)9(14)12-8-5-10(2,3)13(4)6-8/h7-8H,5-6,11H2,1-4H3,(H,12,14)/t7-,8?/m1/s1. The lowest BCUT2D eigenvalue weighted by Gasteiger charge is -2.26. The molecule has 4 heteroatoms. The van der Waals surface area contributed by atoms with Crippen molar-refractivity contribution in [1.82, 2.24) is 10.2 Å². The summed E-state index contributed by atoms with van der Waals surface area (Å²) in [5.74, 6) is -0.0545. The maximum Gasteiger partial charge on any atom is 0.236 e. The molecule has 0 radical (unpaired) electrons. The fourth-order valence-corrected chi connectivity index (χ4v) is 1.83. The van der Waals surface area contributed by atoms with E-state index in [1.165, 1.54) is 0 Å². The van der Waals surface area contributed by atoms with Crippen molar-refractivity contribution in [3.05, 3.63) is 0 Å². The molecule has 0 spiro atoms. The monoisotopic (exact) mass is 199 g/mol. The van der Waals surface area contributed by atoms with Crippen molar-refractivity contribution in [2.75, 3.05) is 13.6 Å². The van der Waals surface area contributed by atoms with E-state index in [9.17, 15) is 4.79 Å². The van der Waals surface area contributed by atoms with Crippen LogP contribution in [0.1, 0.15) is 27.2 Å². The van der Waals surface area contributed by atoms with Crippen LogP contribution in [0.15, 0.2) is 0 Å². The lowest BCUT2D eigenvalue weighted by atomic mass is 10.0. The number of hydrogen-bond donors (Lipinski definition) is 2. The number of hydrogen-bond acceptors (Lipinski definition) is 3. The normalized spacial score (nSPS) is 28.8.